The van der Waals surface area contributed by atoms with E-state index in [-0.39, 0.29) is 17.3 Å². The van der Waals surface area contributed by atoms with Crippen LogP contribution in [0.5, 0.6) is 11.5 Å². The molecule has 0 fully saturated rings. The predicted molar refractivity (Wildman–Crippen MR) is 56.9 cm³/mol. The molecule has 1 aromatic rings. The first-order valence-corrected chi connectivity index (χ1v) is 4.62. The highest BCUT2D eigenvalue weighted by Gasteiger charge is 2.11. The molecule has 3 nitrogen and oxygen atoms in total. The van der Waals surface area contributed by atoms with Crippen LogP contribution in [0.25, 0.3) is 0 Å². The zero-order valence-corrected chi connectivity index (χ0v) is 9.17. The summed E-state index contributed by atoms with van der Waals surface area (Å²) in [7, 11) is 1.42. The van der Waals surface area contributed by atoms with Gasteiger partial charge in [-0.25, -0.2) is 0 Å². The highest BCUT2D eigenvalue weighted by Crippen LogP contribution is 2.35. The average Bonchev–Trinajstić information content (AvgIpc) is 2.20. The minimum Gasteiger partial charge on any atom is -0.503 e. The number of hydrogen-bond acceptors (Lipinski definition) is 3. The van der Waals surface area contributed by atoms with E-state index in [0.717, 1.165) is 0 Å². The van der Waals surface area contributed by atoms with Gasteiger partial charge in [0.2, 0.25) is 0 Å². The first-order valence-electron chi connectivity index (χ1n) is 3.83. The Kier molecular flexibility index (Phi) is 3.30. The molecule has 1 aromatic carbocycles. The minimum atomic E-state index is -0.219. The Balaban J connectivity index is 3.29. The fourth-order valence-electron chi connectivity index (χ4n) is 0.990. The lowest BCUT2D eigenvalue weighted by Crippen LogP contribution is -1.95. The Morgan fingerprint density at radius 3 is 2.79 bits per heavy atom. The molecule has 0 atom stereocenters. The van der Waals surface area contributed by atoms with Gasteiger partial charge in [-0.1, -0.05) is 6.58 Å². The van der Waals surface area contributed by atoms with Crippen LogP contribution in [-0.4, -0.2) is 18.0 Å². The Labute approximate surface area is 90.1 Å². The van der Waals surface area contributed by atoms with Crippen LogP contribution in [0.1, 0.15) is 10.4 Å². The molecule has 1 N–H and O–H groups in total. The standard InChI is InChI=1S/C10H9BrO3/c1-3-8(12)6-4-7(11)10(13)9(5-6)14-2/h3-5,13H,1H2,2H3. The van der Waals surface area contributed by atoms with Crippen molar-refractivity contribution in [2.45, 2.75) is 0 Å². The highest BCUT2D eigenvalue weighted by atomic mass is 79.9. The number of rotatable bonds is 3. The number of ketones is 1. The van der Waals surface area contributed by atoms with E-state index in [1.807, 2.05) is 0 Å². The molecule has 0 aliphatic rings. The number of hydrogen-bond donors (Lipinski definition) is 1. The summed E-state index contributed by atoms with van der Waals surface area (Å²) in [6, 6.07) is 2.98. The van der Waals surface area contributed by atoms with E-state index in [2.05, 4.69) is 22.5 Å². The predicted octanol–water partition coefficient (Wildman–Crippen LogP) is 2.53. The maximum absolute atomic E-state index is 11.3. The lowest BCUT2D eigenvalue weighted by atomic mass is 10.1. The van der Waals surface area contributed by atoms with Crippen LogP contribution in [0.2, 0.25) is 0 Å². The summed E-state index contributed by atoms with van der Waals surface area (Å²) in [5, 5.41) is 9.47. The monoisotopic (exact) mass is 256 g/mol. The van der Waals surface area contributed by atoms with Crippen molar-refractivity contribution in [2.24, 2.45) is 0 Å². The van der Waals surface area contributed by atoms with Crippen molar-refractivity contribution in [3.05, 3.63) is 34.8 Å². The highest BCUT2D eigenvalue weighted by molar-refractivity contribution is 9.10. The summed E-state index contributed by atoms with van der Waals surface area (Å²) in [4.78, 5) is 11.3. The van der Waals surface area contributed by atoms with E-state index in [4.69, 9.17) is 4.74 Å². The van der Waals surface area contributed by atoms with Crippen molar-refractivity contribution in [1.29, 1.82) is 0 Å². The molecule has 0 heterocycles. The normalized spacial score (nSPS) is 9.57. The van der Waals surface area contributed by atoms with E-state index >= 15 is 0 Å². The number of benzene rings is 1. The molecule has 0 unspecified atom stereocenters. The second-order valence-corrected chi connectivity index (χ2v) is 3.43. The molecule has 1 rings (SSSR count). The van der Waals surface area contributed by atoms with E-state index < -0.39 is 0 Å². The third kappa shape index (κ3) is 1.96. The Hall–Kier alpha value is -1.29. The third-order valence-corrected chi connectivity index (χ3v) is 2.32. The summed E-state index contributed by atoms with van der Waals surface area (Å²) >= 11 is 3.12. The lowest BCUT2D eigenvalue weighted by molar-refractivity contribution is 0.104. The van der Waals surface area contributed by atoms with Gasteiger partial charge in [-0.15, -0.1) is 0 Å². The zero-order chi connectivity index (χ0) is 10.7. The SMILES string of the molecule is C=CC(=O)c1cc(Br)c(O)c(OC)c1. The van der Waals surface area contributed by atoms with Crippen LogP contribution >= 0.6 is 15.9 Å². The van der Waals surface area contributed by atoms with Crippen molar-refractivity contribution >= 4 is 21.7 Å². The van der Waals surface area contributed by atoms with E-state index in [9.17, 15) is 9.90 Å². The molecule has 0 saturated heterocycles. The smallest absolute Gasteiger partial charge is 0.185 e. The molecule has 74 valence electrons. The van der Waals surface area contributed by atoms with Gasteiger partial charge in [0.25, 0.3) is 0 Å². The van der Waals surface area contributed by atoms with Crippen molar-refractivity contribution < 1.29 is 14.6 Å². The van der Waals surface area contributed by atoms with Gasteiger partial charge in [-0.05, 0) is 34.1 Å². The first-order chi connectivity index (χ1) is 6.60. The largest absolute Gasteiger partial charge is 0.503 e. The topological polar surface area (TPSA) is 46.5 Å². The summed E-state index contributed by atoms with van der Waals surface area (Å²) in [5.41, 5.74) is 0.418. The van der Waals surface area contributed by atoms with Gasteiger partial charge in [0.15, 0.2) is 17.3 Å². The van der Waals surface area contributed by atoms with E-state index in [1.165, 1.54) is 25.3 Å². The van der Waals surface area contributed by atoms with Gasteiger partial charge in [0.1, 0.15) is 0 Å². The number of phenols is 1. The second kappa shape index (κ2) is 4.28. The van der Waals surface area contributed by atoms with Gasteiger partial charge in [0, 0.05) is 5.56 Å². The molecule has 0 aliphatic carbocycles. The number of aromatic hydroxyl groups is 1. The maximum Gasteiger partial charge on any atom is 0.185 e. The summed E-state index contributed by atoms with van der Waals surface area (Å²) < 4.78 is 5.31. The van der Waals surface area contributed by atoms with Gasteiger partial charge >= 0.3 is 0 Å². The maximum atomic E-state index is 11.3. The zero-order valence-electron chi connectivity index (χ0n) is 7.58. The van der Waals surface area contributed by atoms with E-state index in [1.54, 1.807) is 0 Å². The number of allylic oxidation sites excluding steroid dienone is 1. The molecule has 0 amide bonds. The fraction of sp³-hybridized carbons (Fsp3) is 0.100. The molecule has 0 aliphatic heterocycles. The van der Waals surface area contributed by atoms with Crippen LogP contribution in [0, 0.1) is 0 Å². The molecule has 0 spiro atoms. The fourth-order valence-corrected chi connectivity index (χ4v) is 1.43. The third-order valence-electron chi connectivity index (χ3n) is 1.72. The van der Waals surface area contributed by atoms with Crippen LogP contribution < -0.4 is 4.74 Å². The van der Waals surface area contributed by atoms with E-state index in [0.29, 0.717) is 10.0 Å². The van der Waals surface area contributed by atoms with Crippen molar-refractivity contribution in [3.63, 3.8) is 0 Å². The molecule has 0 aromatic heterocycles. The van der Waals surface area contributed by atoms with Crippen LogP contribution in [-0.2, 0) is 0 Å². The van der Waals surface area contributed by atoms with Crippen LogP contribution in [0.3, 0.4) is 0 Å². The summed E-state index contributed by atoms with van der Waals surface area (Å²) in [6.07, 6.45) is 1.21. The van der Waals surface area contributed by atoms with Gasteiger partial charge in [-0.2, -0.15) is 0 Å². The number of halogens is 1. The van der Waals surface area contributed by atoms with Crippen molar-refractivity contribution in [3.8, 4) is 11.5 Å². The Bertz CT molecular complexity index is 385. The Morgan fingerprint density at radius 2 is 2.29 bits per heavy atom. The molecule has 14 heavy (non-hydrogen) atoms. The molecule has 0 radical (unpaired) electrons. The van der Waals surface area contributed by atoms with Gasteiger partial charge in [-0.3, -0.25) is 4.79 Å². The number of carbonyl (C=O) groups is 1. The molecular formula is C10H9BrO3. The number of phenolic OH excluding ortho intramolecular Hbond substituents is 1. The van der Waals surface area contributed by atoms with Crippen LogP contribution in [0.15, 0.2) is 29.3 Å². The minimum absolute atomic E-state index is 0.0203. The number of methoxy groups -OCH3 is 1. The number of ether oxygens (including phenoxy) is 1. The van der Waals surface area contributed by atoms with Crippen molar-refractivity contribution in [2.75, 3.05) is 7.11 Å². The molecule has 0 saturated carbocycles. The Morgan fingerprint density at radius 1 is 1.64 bits per heavy atom. The van der Waals surface area contributed by atoms with Gasteiger partial charge < -0.3 is 9.84 Å². The molecule has 4 heteroatoms. The average molecular weight is 257 g/mol. The first kappa shape index (κ1) is 10.8. The summed E-state index contributed by atoms with van der Waals surface area (Å²) in [5.74, 6) is 0.0155. The van der Waals surface area contributed by atoms with Crippen LogP contribution in [0.4, 0.5) is 0 Å². The van der Waals surface area contributed by atoms with Gasteiger partial charge in [0.05, 0.1) is 11.6 Å². The molecule has 0 bridgehead atoms. The summed E-state index contributed by atoms with van der Waals surface area (Å²) in [6.45, 7) is 3.38. The van der Waals surface area contributed by atoms with Crippen molar-refractivity contribution in [1.82, 2.24) is 0 Å². The lowest BCUT2D eigenvalue weighted by Gasteiger charge is -2.06. The second-order valence-electron chi connectivity index (χ2n) is 2.58. The number of carbonyl (C=O) groups excluding carboxylic acids is 1. The quantitative estimate of drug-likeness (QED) is 0.668. The molecular weight excluding hydrogens is 248 g/mol.